The number of rotatable bonds is 5. The number of ether oxygens (including phenoxy) is 1. The molecular weight excluding hydrogens is 324 g/mol. The first-order valence-electron chi connectivity index (χ1n) is 6.68. The highest BCUT2D eigenvalue weighted by molar-refractivity contribution is 9.10. The van der Waals surface area contributed by atoms with Crippen LogP contribution in [0.25, 0.3) is 5.65 Å². The van der Waals surface area contributed by atoms with Gasteiger partial charge in [-0.1, -0.05) is 0 Å². The Morgan fingerprint density at radius 2 is 2.10 bits per heavy atom. The van der Waals surface area contributed by atoms with Gasteiger partial charge in [0.1, 0.15) is 0 Å². The Morgan fingerprint density at radius 3 is 2.90 bits per heavy atom. The first-order valence-corrected chi connectivity index (χ1v) is 7.47. The SMILES string of the molecule is Brc1cnn2ccc(OCCCN3CCCC3)nc12.O. The number of hydrogen-bond acceptors (Lipinski definition) is 4. The van der Waals surface area contributed by atoms with E-state index in [4.69, 9.17) is 4.74 Å². The van der Waals surface area contributed by atoms with Crippen molar-refractivity contribution in [2.45, 2.75) is 19.3 Å². The van der Waals surface area contributed by atoms with Crippen LogP contribution >= 0.6 is 15.9 Å². The normalized spacial score (nSPS) is 15.4. The Labute approximate surface area is 126 Å². The minimum Gasteiger partial charge on any atom is -0.478 e. The lowest BCUT2D eigenvalue weighted by atomic mass is 10.4. The largest absolute Gasteiger partial charge is 0.478 e. The molecule has 1 aliphatic heterocycles. The zero-order valence-electron chi connectivity index (χ0n) is 11.3. The van der Waals surface area contributed by atoms with E-state index in [1.165, 1.54) is 25.9 Å². The van der Waals surface area contributed by atoms with Crippen molar-refractivity contribution in [3.63, 3.8) is 0 Å². The molecule has 0 radical (unpaired) electrons. The number of aromatic nitrogens is 3. The maximum Gasteiger partial charge on any atom is 0.216 e. The van der Waals surface area contributed by atoms with Gasteiger partial charge in [-0.25, -0.2) is 4.52 Å². The standard InChI is InChI=1S/C13H17BrN4O.H2O/c14-11-10-15-18-8-4-12(16-13(11)18)19-9-3-7-17-5-1-2-6-17;/h4,8,10H,1-3,5-7,9H2;1H2. The Bertz CT molecular complexity index is 554. The van der Waals surface area contributed by atoms with Gasteiger partial charge in [-0.2, -0.15) is 10.1 Å². The molecule has 2 aromatic heterocycles. The van der Waals surface area contributed by atoms with Gasteiger partial charge in [0.15, 0.2) is 5.65 Å². The monoisotopic (exact) mass is 342 g/mol. The van der Waals surface area contributed by atoms with Crippen LogP contribution < -0.4 is 4.74 Å². The molecule has 0 aliphatic carbocycles. The van der Waals surface area contributed by atoms with Gasteiger partial charge < -0.3 is 15.1 Å². The molecule has 2 aromatic rings. The lowest BCUT2D eigenvalue weighted by molar-refractivity contribution is 0.257. The van der Waals surface area contributed by atoms with E-state index in [1.807, 2.05) is 12.3 Å². The van der Waals surface area contributed by atoms with Gasteiger partial charge in [-0.15, -0.1) is 0 Å². The second-order valence-corrected chi connectivity index (χ2v) is 5.63. The number of fused-ring (bicyclic) bond motifs is 1. The quantitative estimate of drug-likeness (QED) is 0.772. The van der Waals surface area contributed by atoms with Gasteiger partial charge in [0.2, 0.25) is 5.88 Å². The van der Waals surface area contributed by atoms with Crippen LogP contribution in [0.15, 0.2) is 22.9 Å². The average molecular weight is 343 g/mol. The summed E-state index contributed by atoms with van der Waals surface area (Å²) >= 11 is 3.42. The van der Waals surface area contributed by atoms with Gasteiger partial charge in [0, 0.05) is 18.8 Å². The molecule has 0 amide bonds. The summed E-state index contributed by atoms with van der Waals surface area (Å²) in [7, 11) is 0. The molecule has 7 heteroatoms. The summed E-state index contributed by atoms with van der Waals surface area (Å²) in [6.07, 6.45) is 7.33. The van der Waals surface area contributed by atoms with Gasteiger partial charge >= 0.3 is 0 Å². The molecule has 110 valence electrons. The van der Waals surface area contributed by atoms with Crippen LogP contribution in [0.5, 0.6) is 5.88 Å². The summed E-state index contributed by atoms with van der Waals surface area (Å²) < 4.78 is 8.31. The highest BCUT2D eigenvalue weighted by Crippen LogP contribution is 2.17. The van der Waals surface area contributed by atoms with E-state index >= 15 is 0 Å². The summed E-state index contributed by atoms with van der Waals surface area (Å²) in [6, 6.07) is 1.85. The van der Waals surface area contributed by atoms with Gasteiger partial charge in [0.25, 0.3) is 0 Å². The zero-order valence-corrected chi connectivity index (χ0v) is 12.8. The molecule has 0 unspecified atom stereocenters. The third kappa shape index (κ3) is 3.47. The highest BCUT2D eigenvalue weighted by Gasteiger charge is 2.10. The van der Waals surface area contributed by atoms with Crippen LogP contribution in [0.4, 0.5) is 0 Å². The maximum absolute atomic E-state index is 5.70. The third-order valence-corrected chi connectivity index (χ3v) is 3.93. The van der Waals surface area contributed by atoms with Gasteiger partial charge in [-0.3, -0.25) is 0 Å². The van der Waals surface area contributed by atoms with Crippen molar-refractivity contribution in [1.29, 1.82) is 0 Å². The lowest BCUT2D eigenvalue weighted by Gasteiger charge is -2.14. The second kappa shape index (κ2) is 7.01. The smallest absolute Gasteiger partial charge is 0.216 e. The van der Waals surface area contributed by atoms with E-state index < -0.39 is 0 Å². The Morgan fingerprint density at radius 1 is 1.30 bits per heavy atom. The molecule has 0 bridgehead atoms. The van der Waals surface area contributed by atoms with Gasteiger partial charge in [0.05, 0.1) is 17.3 Å². The molecule has 1 aliphatic rings. The van der Waals surface area contributed by atoms with Crippen molar-refractivity contribution < 1.29 is 10.2 Å². The molecule has 0 saturated carbocycles. The summed E-state index contributed by atoms with van der Waals surface area (Å²) in [5.74, 6) is 0.662. The van der Waals surface area contributed by atoms with E-state index in [2.05, 4.69) is 30.9 Å². The number of likely N-dealkylation sites (tertiary alicyclic amines) is 1. The predicted molar refractivity (Wildman–Crippen MR) is 80.1 cm³/mol. The van der Waals surface area contributed by atoms with Crippen LogP contribution in [0, 0.1) is 0 Å². The zero-order chi connectivity index (χ0) is 13.1. The predicted octanol–water partition coefficient (Wildman–Crippen LogP) is 1.53. The third-order valence-electron chi connectivity index (χ3n) is 3.37. The van der Waals surface area contributed by atoms with Crippen LogP contribution in [0.2, 0.25) is 0 Å². The molecule has 20 heavy (non-hydrogen) atoms. The van der Waals surface area contributed by atoms with Crippen molar-refractivity contribution in [2.24, 2.45) is 0 Å². The highest BCUT2D eigenvalue weighted by atomic mass is 79.9. The molecule has 0 atom stereocenters. The molecule has 3 rings (SSSR count). The Balaban J connectivity index is 0.00000147. The number of halogens is 1. The van der Waals surface area contributed by atoms with E-state index in [-0.39, 0.29) is 5.48 Å². The molecule has 0 aromatic carbocycles. The molecule has 1 saturated heterocycles. The molecule has 2 N–H and O–H groups in total. The summed E-state index contributed by atoms with van der Waals surface area (Å²) in [5.41, 5.74) is 0.789. The summed E-state index contributed by atoms with van der Waals surface area (Å²) in [5, 5.41) is 4.15. The second-order valence-electron chi connectivity index (χ2n) is 4.78. The van der Waals surface area contributed by atoms with E-state index in [9.17, 15) is 0 Å². The first-order chi connectivity index (χ1) is 9.33. The van der Waals surface area contributed by atoms with Crippen molar-refractivity contribution >= 4 is 21.6 Å². The minimum absolute atomic E-state index is 0. The maximum atomic E-state index is 5.70. The molecular formula is C13H19BrN4O2. The first kappa shape index (κ1) is 15.2. The molecule has 6 nitrogen and oxygen atoms in total. The number of nitrogens with zero attached hydrogens (tertiary/aromatic N) is 4. The molecule has 0 spiro atoms. The van der Waals surface area contributed by atoms with E-state index in [1.54, 1.807) is 10.7 Å². The topological polar surface area (TPSA) is 74.2 Å². The van der Waals surface area contributed by atoms with Crippen molar-refractivity contribution in [1.82, 2.24) is 19.5 Å². The van der Waals surface area contributed by atoms with Crippen molar-refractivity contribution in [3.8, 4) is 5.88 Å². The average Bonchev–Trinajstić information content (AvgIpc) is 3.06. The summed E-state index contributed by atoms with van der Waals surface area (Å²) in [4.78, 5) is 6.92. The van der Waals surface area contributed by atoms with Crippen molar-refractivity contribution in [3.05, 3.63) is 22.9 Å². The Hall–Kier alpha value is -1.18. The van der Waals surface area contributed by atoms with E-state index in [0.29, 0.717) is 12.5 Å². The fourth-order valence-electron chi connectivity index (χ4n) is 2.38. The fourth-order valence-corrected chi connectivity index (χ4v) is 2.74. The molecule has 1 fully saturated rings. The fraction of sp³-hybridized carbons (Fsp3) is 0.538. The van der Waals surface area contributed by atoms with Crippen LogP contribution in [-0.4, -0.2) is 51.2 Å². The number of hydrogen-bond donors (Lipinski definition) is 0. The van der Waals surface area contributed by atoms with Gasteiger partial charge in [-0.05, 0) is 48.3 Å². The lowest BCUT2D eigenvalue weighted by Crippen LogP contribution is -2.22. The minimum atomic E-state index is 0. The van der Waals surface area contributed by atoms with Crippen molar-refractivity contribution in [2.75, 3.05) is 26.2 Å². The van der Waals surface area contributed by atoms with Crippen LogP contribution in [-0.2, 0) is 0 Å². The summed E-state index contributed by atoms with van der Waals surface area (Å²) in [6.45, 7) is 4.32. The van der Waals surface area contributed by atoms with E-state index in [0.717, 1.165) is 23.1 Å². The molecule has 3 heterocycles. The van der Waals surface area contributed by atoms with Crippen LogP contribution in [0.1, 0.15) is 19.3 Å². The Kier molecular flexibility index (Phi) is 5.33. The van der Waals surface area contributed by atoms with Crippen LogP contribution in [0.3, 0.4) is 0 Å².